The number of H-pyrrole nitrogens is 1. The molecule has 2 aromatic carbocycles. The van der Waals surface area contributed by atoms with Gasteiger partial charge in [0.25, 0.3) is 5.91 Å². The second-order valence-corrected chi connectivity index (χ2v) is 6.16. The molecule has 130 valence electrons. The molecule has 0 unspecified atom stereocenters. The number of nitrogens with zero attached hydrogens (tertiary/aromatic N) is 4. The average Bonchev–Trinajstić information content (AvgIpc) is 3.33. The molecule has 0 aliphatic carbocycles. The van der Waals surface area contributed by atoms with E-state index in [4.69, 9.17) is 9.37 Å². The van der Waals surface area contributed by atoms with Crippen LogP contribution in [-0.2, 0) is 4.74 Å². The van der Waals surface area contributed by atoms with Gasteiger partial charge in [0.1, 0.15) is 16.9 Å². The number of hydrogen-bond acceptors (Lipinski definition) is 6. The van der Waals surface area contributed by atoms with E-state index < -0.39 is 0 Å². The minimum absolute atomic E-state index is 0.00847. The first-order chi connectivity index (χ1) is 12.8. The van der Waals surface area contributed by atoms with Gasteiger partial charge in [-0.1, -0.05) is 6.07 Å². The number of ether oxygens (including phenoxy) is 1. The van der Waals surface area contributed by atoms with Crippen molar-refractivity contribution >= 4 is 28.0 Å². The lowest BCUT2D eigenvalue weighted by atomic mass is 10.1. The lowest BCUT2D eigenvalue weighted by Crippen LogP contribution is -2.40. The van der Waals surface area contributed by atoms with Crippen LogP contribution < -0.4 is 0 Å². The van der Waals surface area contributed by atoms with Crippen LogP contribution in [0.25, 0.3) is 33.5 Å². The Labute approximate surface area is 147 Å². The van der Waals surface area contributed by atoms with Gasteiger partial charge in [0.15, 0.2) is 0 Å². The van der Waals surface area contributed by atoms with Crippen molar-refractivity contribution in [2.24, 2.45) is 0 Å². The number of aromatic nitrogens is 4. The molecular formula is C18H15N5O3. The highest BCUT2D eigenvalue weighted by Crippen LogP contribution is 2.26. The SMILES string of the molecule is O=C(c1ccc2nc(-c3cccc4nonc34)[nH]c2c1)N1CCOCC1. The minimum Gasteiger partial charge on any atom is -0.378 e. The van der Waals surface area contributed by atoms with Gasteiger partial charge in [-0.15, -0.1) is 0 Å². The van der Waals surface area contributed by atoms with Crippen LogP contribution in [-0.4, -0.2) is 57.4 Å². The first-order valence-electron chi connectivity index (χ1n) is 8.38. The first-order valence-corrected chi connectivity index (χ1v) is 8.38. The zero-order valence-electron chi connectivity index (χ0n) is 13.8. The van der Waals surface area contributed by atoms with Crippen LogP contribution in [0.3, 0.4) is 0 Å². The van der Waals surface area contributed by atoms with E-state index in [1.807, 2.05) is 41.3 Å². The summed E-state index contributed by atoms with van der Waals surface area (Å²) in [5.41, 5.74) is 4.35. The maximum atomic E-state index is 12.7. The summed E-state index contributed by atoms with van der Waals surface area (Å²) in [5, 5.41) is 7.81. The minimum atomic E-state index is 0.00847. The molecular weight excluding hydrogens is 334 g/mol. The topological polar surface area (TPSA) is 97.1 Å². The number of benzene rings is 2. The van der Waals surface area contributed by atoms with Crippen molar-refractivity contribution in [3.63, 3.8) is 0 Å². The smallest absolute Gasteiger partial charge is 0.254 e. The zero-order chi connectivity index (χ0) is 17.5. The number of hydrogen-bond donors (Lipinski definition) is 1. The lowest BCUT2D eigenvalue weighted by Gasteiger charge is -2.26. The van der Waals surface area contributed by atoms with Gasteiger partial charge < -0.3 is 14.6 Å². The van der Waals surface area contributed by atoms with E-state index >= 15 is 0 Å². The molecule has 0 atom stereocenters. The molecule has 0 bridgehead atoms. The van der Waals surface area contributed by atoms with Crippen molar-refractivity contribution < 1.29 is 14.2 Å². The van der Waals surface area contributed by atoms with Crippen LogP contribution >= 0.6 is 0 Å². The van der Waals surface area contributed by atoms with Crippen molar-refractivity contribution in [3.05, 3.63) is 42.0 Å². The molecule has 1 aliphatic rings. The molecule has 1 amide bonds. The fourth-order valence-corrected chi connectivity index (χ4v) is 3.22. The summed E-state index contributed by atoms with van der Waals surface area (Å²) in [6, 6.07) is 11.1. The highest BCUT2D eigenvalue weighted by molar-refractivity contribution is 5.98. The standard InChI is InChI=1S/C18H15N5O3/c24-18(23-6-8-25-9-7-23)11-4-5-13-15(10-11)20-17(19-13)12-2-1-3-14-16(12)22-26-21-14/h1-5,10H,6-9H2,(H,19,20). The number of aromatic amines is 1. The van der Waals surface area contributed by atoms with E-state index in [2.05, 4.69) is 20.3 Å². The maximum absolute atomic E-state index is 12.7. The Morgan fingerprint density at radius 3 is 2.85 bits per heavy atom. The van der Waals surface area contributed by atoms with Gasteiger partial charge >= 0.3 is 0 Å². The molecule has 8 heteroatoms. The van der Waals surface area contributed by atoms with Crippen molar-refractivity contribution in [2.75, 3.05) is 26.3 Å². The van der Waals surface area contributed by atoms with Crippen LogP contribution in [0.4, 0.5) is 0 Å². The molecule has 8 nitrogen and oxygen atoms in total. The Balaban J connectivity index is 1.54. The second-order valence-electron chi connectivity index (χ2n) is 6.16. The molecule has 0 saturated carbocycles. The van der Waals surface area contributed by atoms with Crippen LogP contribution in [0, 0.1) is 0 Å². The largest absolute Gasteiger partial charge is 0.378 e. The molecule has 4 aromatic rings. The van der Waals surface area contributed by atoms with Crippen molar-refractivity contribution in [2.45, 2.75) is 0 Å². The fourth-order valence-electron chi connectivity index (χ4n) is 3.22. The molecule has 1 N–H and O–H groups in total. The second kappa shape index (κ2) is 5.92. The summed E-state index contributed by atoms with van der Waals surface area (Å²) in [7, 11) is 0. The highest BCUT2D eigenvalue weighted by Gasteiger charge is 2.19. The van der Waals surface area contributed by atoms with Gasteiger partial charge in [-0.25, -0.2) is 9.61 Å². The monoisotopic (exact) mass is 349 g/mol. The lowest BCUT2D eigenvalue weighted by molar-refractivity contribution is 0.0303. The molecule has 1 aliphatic heterocycles. The molecule has 5 rings (SSSR count). The highest BCUT2D eigenvalue weighted by atomic mass is 16.6. The summed E-state index contributed by atoms with van der Waals surface area (Å²) in [6.07, 6.45) is 0. The molecule has 26 heavy (non-hydrogen) atoms. The summed E-state index contributed by atoms with van der Waals surface area (Å²) in [6.45, 7) is 2.40. The summed E-state index contributed by atoms with van der Waals surface area (Å²) < 4.78 is 10.1. The van der Waals surface area contributed by atoms with Gasteiger partial charge in [0.05, 0.1) is 24.2 Å². The number of rotatable bonds is 2. The third-order valence-corrected chi connectivity index (χ3v) is 4.57. The van der Waals surface area contributed by atoms with Gasteiger partial charge in [-0.3, -0.25) is 4.79 Å². The van der Waals surface area contributed by atoms with E-state index in [0.29, 0.717) is 48.7 Å². The maximum Gasteiger partial charge on any atom is 0.254 e. The first kappa shape index (κ1) is 15.0. The Bertz CT molecular complexity index is 1110. The van der Waals surface area contributed by atoms with Crippen molar-refractivity contribution in [1.82, 2.24) is 25.2 Å². The third-order valence-electron chi connectivity index (χ3n) is 4.57. The normalized spacial score (nSPS) is 15.0. The van der Waals surface area contributed by atoms with Gasteiger partial charge in [-0.2, -0.15) is 0 Å². The number of carbonyl (C=O) groups excluding carboxylic acids is 1. The third kappa shape index (κ3) is 2.42. The van der Waals surface area contributed by atoms with E-state index in [-0.39, 0.29) is 5.91 Å². The molecule has 1 fully saturated rings. The van der Waals surface area contributed by atoms with E-state index in [1.165, 1.54) is 0 Å². The molecule has 3 heterocycles. The van der Waals surface area contributed by atoms with E-state index in [0.717, 1.165) is 16.6 Å². The number of carbonyl (C=O) groups is 1. The number of morpholine rings is 1. The van der Waals surface area contributed by atoms with Gasteiger partial charge in [-0.05, 0) is 40.6 Å². The zero-order valence-corrected chi connectivity index (χ0v) is 13.8. The molecule has 0 spiro atoms. The van der Waals surface area contributed by atoms with Crippen LogP contribution in [0.2, 0.25) is 0 Å². The molecule has 0 radical (unpaired) electrons. The molecule has 1 saturated heterocycles. The quantitative estimate of drug-likeness (QED) is 0.596. The van der Waals surface area contributed by atoms with Crippen LogP contribution in [0.15, 0.2) is 41.0 Å². The molecule has 2 aromatic heterocycles. The summed E-state index contributed by atoms with van der Waals surface area (Å²) in [5.74, 6) is 0.673. The Kier molecular flexibility index (Phi) is 3.42. The van der Waals surface area contributed by atoms with Crippen LogP contribution in [0.1, 0.15) is 10.4 Å². The number of imidazole rings is 1. The number of amides is 1. The van der Waals surface area contributed by atoms with Gasteiger partial charge in [0.2, 0.25) is 0 Å². The Hall–Kier alpha value is -3.26. The number of fused-ring (bicyclic) bond motifs is 2. The van der Waals surface area contributed by atoms with E-state index in [1.54, 1.807) is 0 Å². The summed E-state index contributed by atoms with van der Waals surface area (Å²) >= 11 is 0. The average molecular weight is 349 g/mol. The fraction of sp³-hybridized carbons (Fsp3) is 0.222. The Morgan fingerprint density at radius 2 is 1.96 bits per heavy atom. The van der Waals surface area contributed by atoms with Gasteiger partial charge in [0, 0.05) is 24.2 Å². The van der Waals surface area contributed by atoms with Crippen molar-refractivity contribution in [3.8, 4) is 11.4 Å². The predicted molar refractivity (Wildman–Crippen MR) is 93.6 cm³/mol. The van der Waals surface area contributed by atoms with E-state index in [9.17, 15) is 4.79 Å². The predicted octanol–water partition coefficient (Wildman–Crippen LogP) is 2.24. The summed E-state index contributed by atoms with van der Waals surface area (Å²) in [4.78, 5) is 22.4. The van der Waals surface area contributed by atoms with Crippen LogP contribution in [0.5, 0.6) is 0 Å². The number of nitrogens with one attached hydrogen (secondary N) is 1. The van der Waals surface area contributed by atoms with Crippen molar-refractivity contribution in [1.29, 1.82) is 0 Å². The Morgan fingerprint density at radius 1 is 1.08 bits per heavy atom.